The Morgan fingerprint density at radius 2 is 2.06 bits per heavy atom. The number of carboxylic acids is 1. The van der Waals surface area contributed by atoms with Crippen LogP contribution in [0, 0.1) is 0 Å². The van der Waals surface area contributed by atoms with E-state index in [9.17, 15) is 9.59 Å². The summed E-state index contributed by atoms with van der Waals surface area (Å²) in [4.78, 5) is 24.1. The predicted molar refractivity (Wildman–Crippen MR) is 61.4 cm³/mol. The van der Waals surface area contributed by atoms with Gasteiger partial charge in [0.25, 0.3) is 0 Å². The molecule has 0 aliphatic carbocycles. The van der Waals surface area contributed by atoms with E-state index in [-0.39, 0.29) is 6.10 Å². The van der Waals surface area contributed by atoms with Gasteiger partial charge in [-0.2, -0.15) is 0 Å². The second-order valence-corrected chi connectivity index (χ2v) is 6.12. The van der Waals surface area contributed by atoms with E-state index in [1.165, 1.54) is 16.7 Å². The van der Waals surface area contributed by atoms with Crippen molar-refractivity contribution in [3.05, 3.63) is 0 Å². The number of aliphatic carboxylic acids is 1. The van der Waals surface area contributed by atoms with Crippen molar-refractivity contribution in [1.82, 2.24) is 4.90 Å². The van der Waals surface area contributed by atoms with Crippen LogP contribution in [0.2, 0.25) is 0 Å². The number of carboxylic acid groups (broad SMARTS) is 1. The molecule has 0 aromatic carbocycles. The highest BCUT2D eigenvalue weighted by molar-refractivity contribution is 8.00. The van der Waals surface area contributed by atoms with Crippen LogP contribution in [0.5, 0.6) is 0 Å². The van der Waals surface area contributed by atoms with Gasteiger partial charge in [-0.3, -0.25) is 4.90 Å². The Hall–Kier alpha value is -0.910. The molecule has 92 valence electrons. The van der Waals surface area contributed by atoms with Crippen LogP contribution in [0.15, 0.2) is 0 Å². The molecule has 1 N–H and O–H groups in total. The lowest BCUT2D eigenvalue weighted by Gasteiger charge is -2.27. The number of carbonyl (C=O) groups excluding carboxylic acids is 1. The molecule has 0 aromatic heterocycles. The second kappa shape index (κ2) is 4.53. The Morgan fingerprint density at radius 1 is 1.50 bits per heavy atom. The van der Waals surface area contributed by atoms with Crippen molar-refractivity contribution in [3.63, 3.8) is 0 Å². The molecule has 1 aliphatic heterocycles. The monoisotopic (exact) mass is 247 g/mol. The van der Waals surface area contributed by atoms with Crippen LogP contribution in [-0.4, -0.2) is 44.8 Å². The lowest BCUT2D eigenvalue weighted by molar-refractivity contribution is -0.142. The van der Waals surface area contributed by atoms with Crippen LogP contribution in [0.4, 0.5) is 4.79 Å². The van der Waals surface area contributed by atoms with Crippen LogP contribution in [0.25, 0.3) is 0 Å². The van der Waals surface area contributed by atoms with Gasteiger partial charge in [-0.15, -0.1) is 11.8 Å². The van der Waals surface area contributed by atoms with Crippen LogP contribution in [0.1, 0.15) is 27.7 Å². The molecular weight excluding hydrogens is 230 g/mol. The van der Waals surface area contributed by atoms with E-state index in [2.05, 4.69) is 0 Å². The molecular formula is C10H17NO4S. The first-order chi connectivity index (χ1) is 7.25. The maximum atomic E-state index is 11.7. The zero-order valence-corrected chi connectivity index (χ0v) is 10.7. The highest BCUT2D eigenvalue weighted by Crippen LogP contribution is 2.39. The molecule has 1 heterocycles. The molecule has 0 bridgehead atoms. The van der Waals surface area contributed by atoms with Gasteiger partial charge < -0.3 is 9.84 Å². The first-order valence-electron chi connectivity index (χ1n) is 5.09. The Kier molecular flexibility index (Phi) is 3.72. The minimum atomic E-state index is -0.990. The predicted octanol–water partition coefficient (Wildman–Crippen LogP) is 1.77. The minimum absolute atomic E-state index is 0.240. The van der Waals surface area contributed by atoms with Crippen molar-refractivity contribution in [3.8, 4) is 0 Å². The van der Waals surface area contributed by atoms with E-state index in [0.717, 1.165) is 0 Å². The fourth-order valence-corrected chi connectivity index (χ4v) is 2.74. The molecule has 0 saturated carbocycles. The molecule has 1 aliphatic rings. The normalized spacial score (nSPS) is 23.6. The number of rotatable bonds is 2. The van der Waals surface area contributed by atoms with Gasteiger partial charge >= 0.3 is 12.1 Å². The summed E-state index contributed by atoms with van der Waals surface area (Å²) in [5.74, 6) is -0.633. The van der Waals surface area contributed by atoms with Crippen molar-refractivity contribution in [1.29, 1.82) is 0 Å². The molecule has 16 heavy (non-hydrogen) atoms. The van der Waals surface area contributed by atoms with E-state index in [0.29, 0.717) is 5.88 Å². The zero-order valence-electron chi connectivity index (χ0n) is 9.89. The molecule has 1 amide bonds. The number of carbonyl (C=O) groups is 2. The first kappa shape index (κ1) is 13.2. The van der Waals surface area contributed by atoms with E-state index in [1.807, 2.05) is 13.8 Å². The molecule has 1 atom stereocenters. The van der Waals surface area contributed by atoms with Gasteiger partial charge in [0.1, 0.15) is 6.04 Å². The number of ether oxygens (including phenoxy) is 1. The molecule has 5 nitrogen and oxygen atoms in total. The van der Waals surface area contributed by atoms with Crippen LogP contribution in [-0.2, 0) is 9.53 Å². The summed E-state index contributed by atoms with van der Waals surface area (Å²) in [6.45, 7) is 7.11. The molecule has 0 aromatic rings. The summed E-state index contributed by atoms with van der Waals surface area (Å²) < 4.78 is 4.53. The number of amides is 1. The fraction of sp³-hybridized carbons (Fsp3) is 0.800. The lowest BCUT2D eigenvalue weighted by atomic mass is 10.0. The number of hydrogen-bond donors (Lipinski definition) is 1. The highest BCUT2D eigenvalue weighted by Gasteiger charge is 2.48. The van der Waals surface area contributed by atoms with Gasteiger partial charge in [0.05, 0.1) is 12.0 Å². The van der Waals surface area contributed by atoms with Gasteiger partial charge in [0.15, 0.2) is 0 Å². The highest BCUT2D eigenvalue weighted by atomic mass is 32.2. The van der Waals surface area contributed by atoms with E-state index < -0.39 is 22.9 Å². The van der Waals surface area contributed by atoms with Gasteiger partial charge in [0.2, 0.25) is 0 Å². The summed E-state index contributed by atoms with van der Waals surface area (Å²) in [6, 6.07) is -0.830. The topological polar surface area (TPSA) is 66.8 Å². The minimum Gasteiger partial charge on any atom is -0.480 e. The maximum absolute atomic E-state index is 11.7. The summed E-state index contributed by atoms with van der Waals surface area (Å²) in [5.41, 5.74) is 0. The van der Waals surface area contributed by atoms with Gasteiger partial charge in [-0.25, -0.2) is 9.59 Å². The van der Waals surface area contributed by atoms with Crippen molar-refractivity contribution < 1.29 is 19.4 Å². The van der Waals surface area contributed by atoms with Crippen LogP contribution < -0.4 is 0 Å². The number of thioether (sulfide) groups is 1. The summed E-state index contributed by atoms with van der Waals surface area (Å²) in [6.07, 6.45) is -0.795. The van der Waals surface area contributed by atoms with Crippen LogP contribution in [0.3, 0.4) is 0 Å². The summed E-state index contributed by atoms with van der Waals surface area (Å²) in [5, 5.41) is 9.14. The average molecular weight is 247 g/mol. The Labute approximate surface area is 99.1 Å². The third-order valence-electron chi connectivity index (χ3n) is 2.35. The molecule has 1 rings (SSSR count). The fourth-order valence-electron chi connectivity index (χ4n) is 1.62. The Balaban J connectivity index is 2.82. The first-order valence-corrected chi connectivity index (χ1v) is 6.08. The standard InChI is InChI=1S/C10H17NO4S/c1-6(2)15-9(14)11-5-16-10(3,4)7(11)8(12)13/h6-7H,5H2,1-4H3,(H,12,13)/t7-/m1/s1. The van der Waals surface area contributed by atoms with E-state index >= 15 is 0 Å². The SMILES string of the molecule is CC(C)OC(=O)N1CSC(C)(C)[C@H]1C(=O)O. The van der Waals surface area contributed by atoms with Crippen LogP contribution >= 0.6 is 11.8 Å². The third-order valence-corrected chi connectivity index (χ3v) is 3.73. The van der Waals surface area contributed by atoms with Gasteiger partial charge in [-0.1, -0.05) is 0 Å². The van der Waals surface area contributed by atoms with E-state index in [4.69, 9.17) is 9.84 Å². The largest absolute Gasteiger partial charge is 0.480 e. The average Bonchev–Trinajstić information content (AvgIpc) is 2.39. The molecule has 0 spiro atoms. The number of hydrogen-bond acceptors (Lipinski definition) is 4. The van der Waals surface area contributed by atoms with E-state index in [1.54, 1.807) is 13.8 Å². The second-order valence-electron chi connectivity index (χ2n) is 4.52. The van der Waals surface area contributed by atoms with Gasteiger partial charge in [0, 0.05) is 4.75 Å². The molecule has 1 saturated heterocycles. The number of nitrogens with zero attached hydrogens (tertiary/aromatic N) is 1. The molecule has 6 heteroatoms. The molecule has 0 radical (unpaired) electrons. The third kappa shape index (κ3) is 2.61. The molecule has 0 unspecified atom stereocenters. The quantitative estimate of drug-likeness (QED) is 0.805. The maximum Gasteiger partial charge on any atom is 0.411 e. The lowest BCUT2D eigenvalue weighted by Crippen LogP contribution is -2.49. The van der Waals surface area contributed by atoms with Gasteiger partial charge in [-0.05, 0) is 27.7 Å². The summed E-state index contributed by atoms with van der Waals surface area (Å²) in [7, 11) is 0. The smallest absolute Gasteiger partial charge is 0.411 e. The van der Waals surface area contributed by atoms with Crippen molar-refractivity contribution in [2.24, 2.45) is 0 Å². The van der Waals surface area contributed by atoms with Crippen molar-refractivity contribution >= 4 is 23.8 Å². The van der Waals surface area contributed by atoms with Crippen molar-refractivity contribution in [2.45, 2.75) is 44.6 Å². The Bertz CT molecular complexity index is 303. The molecule has 1 fully saturated rings. The summed E-state index contributed by atoms with van der Waals surface area (Å²) >= 11 is 1.44. The zero-order chi connectivity index (χ0) is 12.5. The Morgan fingerprint density at radius 3 is 2.50 bits per heavy atom. The van der Waals surface area contributed by atoms with Crippen molar-refractivity contribution in [2.75, 3.05) is 5.88 Å².